The fourth-order valence-corrected chi connectivity index (χ4v) is 5.87. The van der Waals surface area contributed by atoms with Crippen molar-refractivity contribution in [3.8, 4) is 33.5 Å². The number of hydrogen-bond acceptors (Lipinski definition) is 6. The number of fused-ring (bicyclic) bond motifs is 1. The minimum Gasteiger partial charge on any atom is -0.618 e. The van der Waals surface area contributed by atoms with Gasteiger partial charge in [0.2, 0.25) is 5.69 Å². The van der Waals surface area contributed by atoms with Crippen molar-refractivity contribution in [2.75, 3.05) is 12.5 Å². The second-order valence-corrected chi connectivity index (χ2v) is 14.9. The Kier molecular flexibility index (Phi) is 6.76. The number of hydrogen-bond donors (Lipinski definition) is 0. The Balaban J connectivity index is 1.70. The zero-order valence-corrected chi connectivity index (χ0v) is 24.1. The number of benzene rings is 3. The summed E-state index contributed by atoms with van der Waals surface area (Å²) >= 11 is 0. The number of pyridine rings is 2. The Bertz CT molecular complexity index is 1980. The Labute approximate surface area is 234 Å². The number of aromatic nitrogens is 2. The van der Waals surface area contributed by atoms with Crippen LogP contribution >= 0.6 is 0 Å². The third kappa shape index (κ3) is 4.98. The van der Waals surface area contributed by atoms with Gasteiger partial charge in [0, 0.05) is 41.3 Å². The average molecular weight is 573 g/mol. The highest BCUT2D eigenvalue weighted by molar-refractivity contribution is 7.91. The maximum Gasteiger partial charge on any atom is 0.231 e. The zero-order chi connectivity index (χ0) is 28.9. The van der Waals surface area contributed by atoms with E-state index in [1.165, 1.54) is 24.6 Å². The van der Waals surface area contributed by atoms with Gasteiger partial charge in [-0.1, -0.05) is 24.3 Å². The highest BCUT2D eigenvalue weighted by atomic mass is 32.2. The molecule has 2 aromatic heterocycles. The van der Waals surface area contributed by atoms with Crippen LogP contribution in [0.25, 0.3) is 44.4 Å². The first-order chi connectivity index (χ1) is 18.8. The fraction of sp³-hybridized carbons (Fsp3) is 0.161. The van der Waals surface area contributed by atoms with E-state index in [0.29, 0.717) is 22.4 Å². The van der Waals surface area contributed by atoms with Crippen molar-refractivity contribution in [2.45, 2.75) is 23.5 Å². The molecule has 0 unspecified atom stereocenters. The summed E-state index contributed by atoms with van der Waals surface area (Å²) < 4.78 is 48.9. The van der Waals surface area contributed by atoms with E-state index >= 15 is 0 Å². The molecule has 0 saturated carbocycles. The molecule has 7 nitrogen and oxygen atoms in total. The van der Waals surface area contributed by atoms with Crippen molar-refractivity contribution >= 4 is 30.6 Å². The van der Waals surface area contributed by atoms with E-state index in [-0.39, 0.29) is 4.90 Å². The molecule has 2 heterocycles. The maximum atomic E-state index is 13.0. The van der Waals surface area contributed by atoms with Crippen LogP contribution in [0.1, 0.15) is 19.4 Å². The van der Waals surface area contributed by atoms with Crippen molar-refractivity contribution in [1.82, 2.24) is 4.98 Å². The van der Waals surface area contributed by atoms with Crippen LogP contribution in [0.3, 0.4) is 0 Å². The molecule has 0 spiro atoms. The van der Waals surface area contributed by atoms with E-state index in [1.807, 2.05) is 54.6 Å². The summed E-state index contributed by atoms with van der Waals surface area (Å²) in [7, 11) is -6.80. The SMILES string of the molecule is CC(C)(c1cc(-c2cccc(-c3ccc[n+]([O-])c3-c3ccc(S(C)(=O)=O)cc3)c2)c2ncccc2c1)S(C)(=O)=O. The molecule has 204 valence electrons. The summed E-state index contributed by atoms with van der Waals surface area (Å²) in [5.41, 5.74) is 5.36. The van der Waals surface area contributed by atoms with Crippen LogP contribution < -0.4 is 4.73 Å². The summed E-state index contributed by atoms with van der Waals surface area (Å²) in [6.45, 7) is 3.39. The first-order valence-electron chi connectivity index (χ1n) is 12.5. The molecular formula is C31H28N2O5S2. The minimum absolute atomic E-state index is 0.171. The number of nitrogens with zero attached hydrogens (tertiary/aromatic N) is 2. The normalized spacial score (nSPS) is 12.5. The van der Waals surface area contributed by atoms with Gasteiger partial charge in [0.1, 0.15) is 0 Å². The Morgan fingerprint density at radius 2 is 1.43 bits per heavy atom. The molecule has 0 aliphatic rings. The van der Waals surface area contributed by atoms with Crippen molar-refractivity contribution in [3.05, 3.63) is 108 Å². The Hall–Kier alpha value is -4.08. The number of sulfone groups is 2. The molecule has 0 saturated heterocycles. The first-order valence-corrected chi connectivity index (χ1v) is 16.3. The predicted molar refractivity (Wildman–Crippen MR) is 158 cm³/mol. The lowest BCUT2D eigenvalue weighted by Crippen LogP contribution is -2.29. The van der Waals surface area contributed by atoms with E-state index in [9.17, 15) is 22.0 Å². The second-order valence-electron chi connectivity index (χ2n) is 10.4. The lowest BCUT2D eigenvalue weighted by Gasteiger charge is -2.24. The fourth-order valence-electron chi connectivity index (χ4n) is 4.69. The van der Waals surface area contributed by atoms with Crippen LogP contribution in [0.15, 0.2) is 102 Å². The lowest BCUT2D eigenvalue weighted by molar-refractivity contribution is -0.593. The topological polar surface area (TPSA) is 108 Å². The maximum absolute atomic E-state index is 13.0. The molecule has 0 radical (unpaired) electrons. The molecule has 9 heteroatoms. The van der Waals surface area contributed by atoms with E-state index in [0.717, 1.165) is 38.6 Å². The molecule has 0 bridgehead atoms. The lowest BCUT2D eigenvalue weighted by atomic mass is 9.91. The van der Waals surface area contributed by atoms with E-state index in [1.54, 1.807) is 38.2 Å². The predicted octanol–water partition coefficient (Wildman–Crippen LogP) is 5.55. The third-order valence-corrected chi connectivity index (χ3v) is 10.5. The Morgan fingerprint density at radius 1 is 0.750 bits per heavy atom. The molecule has 0 atom stereocenters. The molecule has 3 aromatic carbocycles. The summed E-state index contributed by atoms with van der Waals surface area (Å²) in [4.78, 5) is 4.77. The molecule has 0 aliphatic heterocycles. The van der Waals surface area contributed by atoms with Crippen molar-refractivity contribution in [3.63, 3.8) is 0 Å². The monoisotopic (exact) mass is 572 g/mol. The summed E-state index contributed by atoms with van der Waals surface area (Å²) in [5, 5.41) is 13.8. The molecular weight excluding hydrogens is 544 g/mol. The van der Waals surface area contributed by atoms with Gasteiger partial charge in [0.25, 0.3) is 0 Å². The number of rotatable bonds is 6. The smallest absolute Gasteiger partial charge is 0.231 e. The largest absolute Gasteiger partial charge is 0.618 e. The standard InChI is InChI=1S/C31H28N2O5S2/c1-31(2,40(4,37)38)25-19-24-10-6-16-32-29(24)28(20-25)23-9-5-8-22(18-23)27-11-7-17-33(34)30(27)21-12-14-26(15-13-21)39(3,35)36/h5-20H,1-4H3. The Morgan fingerprint density at radius 3 is 2.08 bits per heavy atom. The van der Waals surface area contributed by atoms with E-state index < -0.39 is 24.4 Å². The van der Waals surface area contributed by atoms with Crippen LogP contribution in [0.4, 0.5) is 0 Å². The quantitative estimate of drug-likeness (QED) is 0.195. The molecule has 0 fully saturated rings. The second kappa shape index (κ2) is 9.83. The minimum atomic E-state index is -3.42. The van der Waals surface area contributed by atoms with E-state index in [4.69, 9.17) is 0 Å². The van der Waals surface area contributed by atoms with Crippen molar-refractivity contribution in [1.29, 1.82) is 0 Å². The highest BCUT2D eigenvalue weighted by Gasteiger charge is 2.33. The van der Waals surface area contributed by atoms with Crippen LogP contribution in [0.5, 0.6) is 0 Å². The summed E-state index contributed by atoms with van der Waals surface area (Å²) in [5.74, 6) is 0. The molecule has 0 N–H and O–H groups in total. The molecule has 5 aromatic rings. The molecule has 5 rings (SSSR count). The van der Waals surface area contributed by atoms with Gasteiger partial charge in [0.05, 0.1) is 20.7 Å². The third-order valence-electron chi connectivity index (χ3n) is 7.33. The van der Waals surface area contributed by atoms with Crippen LogP contribution in [0, 0.1) is 5.21 Å². The summed E-state index contributed by atoms with van der Waals surface area (Å²) in [6, 6.07) is 24.9. The van der Waals surface area contributed by atoms with Gasteiger partial charge in [-0.3, -0.25) is 4.98 Å². The van der Waals surface area contributed by atoms with Gasteiger partial charge in [-0.05, 0) is 85.1 Å². The van der Waals surface area contributed by atoms with Gasteiger partial charge in [0.15, 0.2) is 25.9 Å². The molecule has 0 aliphatic carbocycles. The van der Waals surface area contributed by atoms with Crippen molar-refractivity contribution < 1.29 is 21.6 Å². The first kappa shape index (κ1) is 27.5. The van der Waals surface area contributed by atoms with Gasteiger partial charge in [-0.2, -0.15) is 4.73 Å². The van der Waals surface area contributed by atoms with Crippen LogP contribution in [-0.4, -0.2) is 34.3 Å². The zero-order valence-electron chi connectivity index (χ0n) is 22.5. The van der Waals surface area contributed by atoms with E-state index in [2.05, 4.69) is 4.98 Å². The van der Waals surface area contributed by atoms with Gasteiger partial charge < -0.3 is 5.21 Å². The summed E-state index contributed by atoms with van der Waals surface area (Å²) in [6.07, 6.45) is 5.48. The van der Waals surface area contributed by atoms with Gasteiger partial charge in [-0.25, -0.2) is 16.8 Å². The van der Waals surface area contributed by atoms with Gasteiger partial charge in [-0.15, -0.1) is 0 Å². The average Bonchev–Trinajstić information content (AvgIpc) is 2.91. The molecule has 0 amide bonds. The van der Waals surface area contributed by atoms with Gasteiger partial charge >= 0.3 is 0 Å². The highest BCUT2D eigenvalue weighted by Crippen LogP contribution is 2.38. The van der Waals surface area contributed by atoms with Crippen LogP contribution in [-0.2, 0) is 24.4 Å². The molecule has 40 heavy (non-hydrogen) atoms. The van der Waals surface area contributed by atoms with Crippen molar-refractivity contribution in [2.24, 2.45) is 0 Å². The van der Waals surface area contributed by atoms with Crippen LogP contribution in [0.2, 0.25) is 0 Å².